The average molecular weight is 330 g/mol. The summed E-state index contributed by atoms with van der Waals surface area (Å²) in [6.07, 6.45) is 0. The normalized spacial score (nSPS) is 9.74. The predicted octanol–water partition coefficient (Wildman–Crippen LogP) is 3.02. The average Bonchev–Trinajstić information content (AvgIpc) is 2.58. The summed E-state index contributed by atoms with van der Waals surface area (Å²) in [5.74, 6) is -0.629. The van der Waals surface area contributed by atoms with Crippen molar-refractivity contribution in [2.75, 3.05) is 13.2 Å². The number of Topliss-reactive ketones (excluding diaryl/α,β-unsaturated/α-hetero) is 1. The molecule has 0 unspecified atom stereocenters. The standard InChI is InChI=1S/C17H12ClNO4/c18-15-4-2-1-3-14(15)16(20)10-23-17(21)11-22-13-7-5-12(9-19)6-8-13/h1-8H,10-11H2. The van der Waals surface area contributed by atoms with Crippen molar-refractivity contribution >= 4 is 23.4 Å². The minimum atomic E-state index is -0.672. The SMILES string of the molecule is N#Cc1ccc(OCC(=O)OCC(=O)c2ccccc2Cl)cc1. The number of ether oxygens (including phenoxy) is 2. The summed E-state index contributed by atoms with van der Waals surface area (Å²) >= 11 is 5.89. The molecule has 0 saturated carbocycles. The van der Waals surface area contributed by atoms with Crippen molar-refractivity contribution in [1.29, 1.82) is 5.26 Å². The quantitative estimate of drug-likeness (QED) is 0.601. The lowest BCUT2D eigenvalue weighted by Crippen LogP contribution is -2.19. The smallest absolute Gasteiger partial charge is 0.344 e. The van der Waals surface area contributed by atoms with Gasteiger partial charge in [-0.3, -0.25) is 4.79 Å². The van der Waals surface area contributed by atoms with Crippen LogP contribution in [0.15, 0.2) is 48.5 Å². The molecule has 0 heterocycles. The van der Waals surface area contributed by atoms with Crippen molar-refractivity contribution in [3.63, 3.8) is 0 Å². The van der Waals surface area contributed by atoms with E-state index in [1.165, 1.54) is 0 Å². The molecule has 2 rings (SSSR count). The number of halogens is 1. The van der Waals surface area contributed by atoms with Gasteiger partial charge in [0, 0.05) is 5.56 Å². The fraction of sp³-hybridized carbons (Fsp3) is 0.118. The van der Waals surface area contributed by atoms with Gasteiger partial charge in [-0.1, -0.05) is 23.7 Å². The number of carbonyl (C=O) groups is 2. The Kier molecular flexibility index (Phi) is 5.73. The van der Waals surface area contributed by atoms with Crippen LogP contribution in [0.5, 0.6) is 5.75 Å². The Morgan fingerprint density at radius 3 is 2.39 bits per heavy atom. The summed E-state index contributed by atoms with van der Waals surface area (Å²) in [5.41, 5.74) is 0.792. The summed E-state index contributed by atoms with van der Waals surface area (Å²) in [4.78, 5) is 23.5. The molecule has 0 aliphatic heterocycles. The van der Waals surface area contributed by atoms with Crippen molar-refractivity contribution in [2.24, 2.45) is 0 Å². The van der Waals surface area contributed by atoms with Gasteiger partial charge < -0.3 is 9.47 Å². The van der Waals surface area contributed by atoms with Gasteiger partial charge >= 0.3 is 5.97 Å². The van der Waals surface area contributed by atoms with Crippen molar-refractivity contribution in [1.82, 2.24) is 0 Å². The number of nitriles is 1. The van der Waals surface area contributed by atoms with Crippen LogP contribution in [-0.2, 0) is 9.53 Å². The zero-order chi connectivity index (χ0) is 16.7. The van der Waals surface area contributed by atoms with Gasteiger partial charge in [-0.05, 0) is 36.4 Å². The maximum absolute atomic E-state index is 11.9. The third-order valence-corrected chi connectivity index (χ3v) is 3.21. The minimum absolute atomic E-state index is 0.301. The number of ketones is 1. The van der Waals surface area contributed by atoms with E-state index >= 15 is 0 Å². The zero-order valence-electron chi connectivity index (χ0n) is 12.0. The summed E-state index contributed by atoms with van der Waals surface area (Å²) in [7, 11) is 0. The highest BCUT2D eigenvalue weighted by Gasteiger charge is 2.13. The third kappa shape index (κ3) is 4.83. The van der Waals surface area contributed by atoms with Gasteiger partial charge in [0.2, 0.25) is 5.78 Å². The van der Waals surface area contributed by atoms with Gasteiger partial charge in [-0.15, -0.1) is 0 Å². The van der Waals surface area contributed by atoms with E-state index in [-0.39, 0.29) is 12.4 Å². The lowest BCUT2D eigenvalue weighted by Gasteiger charge is -2.07. The first kappa shape index (κ1) is 16.5. The molecular weight excluding hydrogens is 318 g/mol. The van der Waals surface area contributed by atoms with Crippen molar-refractivity contribution in [3.05, 3.63) is 64.7 Å². The fourth-order valence-electron chi connectivity index (χ4n) is 1.72. The summed E-state index contributed by atoms with van der Waals surface area (Å²) in [6, 6.07) is 14.8. The Morgan fingerprint density at radius 2 is 1.74 bits per heavy atom. The molecule has 0 atom stereocenters. The number of nitrogens with zero attached hydrogens (tertiary/aromatic N) is 1. The lowest BCUT2D eigenvalue weighted by atomic mass is 10.1. The van der Waals surface area contributed by atoms with Gasteiger partial charge in [-0.25, -0.2) is 4.79 Å². The van der Waals surface area contributed by atoms with E-state index in [4.69, 9.17) is 26.3 Å². The second-order valence-electron chi connectivity index (χ2n) is 4.49. The monoisotopic (exact) mass is 329 g/mol. The molecule has 0 spiro atoms. The van der Waals surface area contributed by atoms with Crippen molar-refractivity contribution in [3.8, 4) is 11.8 Å². The van der Waals surface area contributed by atoms with Gasteiger partial charge in [0.15, 0.2) is 13.2 Å². The molecule has 23 heavy (non-hydrogen) atoms. The molecule has 2 aromatic carbocycles. The topological polar surface area (TPSA) is 76.4 Å². The molecule has 0 aliphatic rings. The predicted molar refractivity (Wildman–Crippen MR) is 83.4 cm³/mol. The van der Waals surface area contributed by atoms with Crippen LogP contribution >= 0.6 is 11.6 Å². The van der Waals surface area contributed by atoms with Crippen LogP contribution in [0, 0.1) is 11.3 Å². The summed E-state index contributed by atoms with van der Waals surface area (Å²) in [5, 5.41) is 8.98. The molecule has 0 amide bonds. The Labute approximate surface area is 138 Å². The van der Waals surface area contributed by atoms with Crippen molar-refractivity contribution in [2.45, 2.75) is 0 Å². The molecule has 0 bridgehead atoms. The van der Waals surface area contributed by atoms with Gasteiger partial charge in [-0.2, -0.15) is 5.26 Å². The van der Waals surface area contributed by atoms with Gasteiger partial charge in [0.1, 0.15) is 5.75 Å². The van der Waals surface area contributed by atoms with Gasteiger partial charge in [0.05, 0.1) is 16.7 Å². The first-order valence-electron chi connectivity index (χ1n) is 6.66. The molecule has 2 aromatic rings. The minimum Gasteiger partial charge on any atom is -0.482 e. The number of rotatable bonds is 6. The Hall–Kier alpha value is -2.84. The molecule has 5 nitrogen and oxygen atoms in total. The fourth-order valence-corrected chi connectivity index (χ4v) is 1.96. The van der Waals surface area contributed by atoms with E-state index in [1.54, 1.807) is 48.5 Å². The van der Waals surface area contributed by atoms with Crippen LogP contribution in [0.2, 0.25) is 5.02 Å². The second-order valence-corrected chi connectivity index (χ2v) is 4.90. The Morgan fingerprint density at radius 1 is 1.04 bits per heavy atom. The first-order valence-corrected chi connectivity index (χ1v) is 7.04. The molecule has 0 N–H and O–H groups in total. The van der Waals surface area contributed by atoms with Crippen LogP contribution < -0.4 is 4.74 Å². The lowest BCUT2D eigenvalue weighted by molar-refractivity contribution is -0.144. The molecule has 0 radical (unpaired) electrons. The van der Waals surface area contributed by atoms with E-state index < -0.39 is 12.6 Å². The molecule has 0 fully saturated rings. The number of hydrogen-bond acceptors (Lipinski definition) is 5. The third-order valence-electron chi connectivity index (χ3n) is 2.88. The van der Waals surface area contributed by atoms with Crippen LogP contribution in [0.3, 0.4) is 0 Å². The number of hydrogen-bond donors (Lipinski definition) is 0. The molecule has 6 heteroatoms. The van der Waals surface area contributed by atoms with E-state index in [0.29, 0.717) is 21.9 Å². The summed E-state index contributed by atoms with van der Waals surface area (Å²) < 4.78 is 10.1. The molecule has 0 aromatic heterocycles. The Balaban J connectivity index is 1.80. The van der Waals surface area contributed by atoms with Crippen LogP contribution in [0.25, 0.3) is 0 Å². The number of benzene rings is 2. The maximum Gasteiger partial charge on any atom is 0.344 e. The molecule has 0 aliphatic carbocycles. The molecular formula is C17H12ClNO4. The van der Waals surface area contributed by atoms with E-state index in [1.807, 2.05) is 6.07 Å². The zero-order valence-corrected chi connectivity index (χ0v) is 12.7. The largest absolute Gasteiger partial charge is 0.482 e. The van der Waals surface area contributed by atoms with Crippen LogP contribution in [0.4, 0.5) is 0 Å². The van der Waals surface area contributed by atoms with Crippen LogP contribution in [0.1, 0.15) is 15.9 Å². The molecule has 0 saturated heterocycles. The number of carbonyl (C=O) groups excluding carboxylic acids is 2. The summed E-state index contributed by atoms with van der Waals surface area (Å²) in [6.45, 7) is -0.735. The number of esters is 1. The molecule has 116 valence electrons. The first-order chi connectivity index (χ1) is 11.1. The van der Waals surface area contributed by atoms with E-state index in [2.05, 4.69) is 0 Å². The highest BCUT2D eigenvalue weighted by molar-refractivity contribution is 6.34. The van der Waals surface area contributed by atoms with Gasteiger partial charge in [0.25, 0.3) is 0 Å². The van der Waals surface area contributed by atoms with Crippen LogP contribution in [-0.4, -0.2) is 25.0 Å². The van der Waals surface area contributed by atoms with E-state index in [9.17, 15) is 9.59 Å². The Bertz CT molecular complexity index is 750. The van der Waals surface area contributed by atoms with E-state index in [0.717, 1.165) is 0 Å². The van der Waals surface area contributed by atoms with Crippen molar-refractivity contribution < 1.29 is 19.1 Å². The second kappa shape index (κ2) is 7.97. The highest BCUT2D eigenvalue weighted by Crippen LogP contribution is 2.15. The maximum atomic E-state index is 11.9. The highest BCUT2D eigenvalue weighted by atomic mass is 35.5.